The minimum Gasteiger partial charge on any atom is -0.361 e. The summed E-state index contributed by atoms with van der Waals surface area (Å²) >= 11 is 0. The molecular weight excluding hydrogens is 221 g/mol. The molecule has 3 nitrogen and oxygen atoms in total. The Hall–Kier alpha value is -1.43. The van der Waals surface area contributed by atoms with Crippen molar-refractivity contribution in [2.24, 2.45) is 10.2 Å². The number of alkyl halides is 3. The van der Waals surface area contributed by atoms with Crippen molar-refractivity contribution < 1.29 is 18.3 Å². The molecule has 2 rings (SSSR count). The van der Waals surface area contributed by atoms with Crippen LogP contribution in [-0.2, 0) is 0 Å². The van der Waals surface area contributed by atoms with Crippen LogP contribution >= 0.6 is 0 Å². The molecule has 1 N–H and O–H groups in total. The lowest BCUT2D eigenvalue weighted by Gasteiger charge is -2.21. The molecule has 2 atom stereocenters. The van der Waals surface area contributed by atoms with Crippen LogP contribution in [0.5, 0.6) is 0 Å². The van der Waals surface area contributed by atoms with Crippen LogP contribution in [-0.4, -0.2) is 17.0 Å². The van der Waals surface area contributed by atoms with Crippen LogP contribution in [0.2, 0.25) is 0 Å². The maximum absolute atomic E-state index is 12.4. The van der Waals surface area contributed by atoms with Gasteiger partial charge >= 0.3 is 6.18 Å². The third kappa shape index (κ3) is 1.80. The maximum Gasteiger partial charge on any atom is 0.440 e. The average molecular weight is 230 g/mol. The summed E-state index contributed by atoms with van der Waals surface area (Å²) in [4.78, 5) is 0. The number of aliphatic hydroxyl groups is 1. The first kappa shape index (κ1) is 11.1. The van der Waals surface area contributed by atoms with Crippen LogP contribution in [0.1, 0.15) is 18.0 Å². The Morgan fingerprint density at radius 2 is 1.88 bits per heavy atom. The van der Waals surface area contributed by atoms with Crippen molar-refractivity contribution in [3.8, 4) is 0 Å². The predicted molar refractivity (Wildman–Crippen MR) is 49.7 cm³/mol. The third-order valence-corrected chi connectivity index (χ3v) is 2.48. The summed E-state index contributed by atoms with van der Waals surface area (Å²) in [6.07, 6.45) is -5.33. The van der Waals surface area contributed by atoms with Crippen LogP contribution in [0.4, 0.5) is 13.2 Å². The van der Waals surface area contributed by atoms with Crippen LogP contribution in [0.25, 0.3) is 0 Å². The molecule has 0 bridgehead atoms. The van der Waals surface area contributed by atoms with Gasteiger partial charge < -0.3 is 5.11 Å². The summed E-state index contributed by atoms with van der Waals surface area (Å²) in [5.74, 6) is 0. The molecule has 86 valence electrons. The van der Waals surface area contributed by atoms with Crippen molar-refractivity contribution in [3.63, 3.8) is 0 Å². The second-order valence-electron chi connectivity index (χ2n) is 3.66. The van der Waals surface area contributed by atoms with E-state index in [1.807, 2.05) is 0 Å². The molecule has 1 aromatic carbocycles. The van der Waals surface area contributed by atoms with Gasteiger partial charge in [-0.2, -0.15) is 18.3 Å². The highest BCUT2D eigenvalue weighted by atomic mass is 19.4. The monoisotopic (exact) mass is 230 g/mol. The van der Waals surface area contributed by atoms with E-state index in [9.17, 15) is 18.3 Å². The molecule has 0 saturated heterocycles. The van der Waals surface area contributed by atoms with Crippen molar-refractivity contribution in [1.82, 2.24) is 0 Å². The Morgan fingerprint density at radius 1 is 1.25 bits per heavy atom. The first-order valence-electron chi connectivity index (χ1n) is 4.68. The van der Waals surface area contributed by atoms with E-state index in [-0.39, 0.29) is 0 Å². The highest BCUT2D eigenvalue weighted by Crippen LogP contribution is 2.44. The smallest absolute Gasteiger partial charge is 0.361 e. The van der Waals surface area contributed by atoms with Crippen molar-refractivity contribution >= 4 is 0 Å². The average Bonchev–Trinajstić information content (AvgIpc) is 2.63. The molecule has 0 saturated carbocycles. The zero-order chi connectivity index (χ0) is 11.8. The lowest BCUT2D eigenvalue weighted by atomic mass is 9.99. The van der Waals surface area contributed by atoms with Gasteiger partial charge in [-0.25, -0.2) is 0 Å². The zero-order valence-electron chi connectivity index (χ0n) is 8.15. The zero-order valence-corrected chi connectivity index (χ0v) is 8.15. The lowest BCUT2D eigenvalue weighted by Crippen LogP contribution is -2.41. The molecule has 1 aromatic rings. The Balaban J connectivity index is 2.20. The quantitative estimate of drug-likeness (QED) is 0.792. The van der Waals surface area contributed by atoms with Gasteiger partial charge in [-0.3, -0.25) is 0 Å². The van der Waals surface area contributed by atoms with Gasteiger partial charge in [-0.05, 0) is 5.56 Å². The minimum absolute atomic E-state index is 0.555. The Kier molecular flexibility index (Phi) is 2.46. The Labute approximate surface area is 89.6 Å². The molecule has 0 spiro atoms. The number of rotatable bonds is 1. The van der Waals surface area contributed by atoms with E-state index in [1.165, 1.54) is 0 Å². The normalized spacial score (nSPS) is 29.6. The summed E-state index contributed by atoms with van der Waals surface area (Å²) in [7, 11) is 0. The summed E-state index contributed by atoms with van der Waals surface area (Å²) < 4.78 is 37.3. The number of benzene rings is 1. The summed E-state index contributed by atoms with van der Waals surface area (Å²) in [6.45, 7) is 0. The fourth-order valence-electron chi connectivity index (χ4n) is 1.55. The van der Waals surface area contributed by atoms with Crippen molar-refractivity contribution in [3.05, 3.63) is 35.9 Å². The Bertz CT molecular complexity index is 404. The molecule has 0 aliphatic carbocycles. The molecule has 0 amide bonds. The van der Waals surface area contributed by atoms with Gasteiger partial charge in [0.1, 0.15) is 6.04 Å². The van der Waals surface area contributed by atoms with Crippen molar-refractivity contribution in [1.29, 1.82) is 0 Å². The SMILES string of the molecule is OC1(C(F)(F)F)CC(c2ccccc2)N=N1. The molecule has 0 fully saturated rings. The third-order valence-electron chi connectivity index (χ3n) is 2.48. The van der Waals surface area contributed by atoms with Gasteiger partial charge in [0.2, 0.25) is 0 Å². The highest BCUT2D eigenvalue weighted by molar-refractivity contribution is 5.20. The van der Waals surface area contributed by atoms with E-state index in [0.29, 0.717) is 5.56 Å². The largest absolute Gasteiger partial charge is 0.440 e. The van der Waals surface area contributed by atoms with E-state index in [1.54, 1.807) is 30.3 Å². The molecule has 0 aromatic heterocycles. The fourth-order valence-corrected chi connectivity index (χ4v) is 1.55. The van der Waals surface area contributed by atoms with E-state index in [2.05, 4.69) is 10.2 Å². The van der Waals surface area contributed by atoms with E-state index < -0.39 is 24.4 Å². The fraction of sp³-hybridized carbons (Fsp3) is 0.400. The number of nitrogens with zero attached hydrogens (tertiary/aromatic N) is 2. The molecule has 0 radical (unpaired) electrons. The first-order chi connectivity index (χ1) is 7.42. The number of hydrogen-bond acceptors (Lipinski definition) is 3. The van der Waals surface area contributed by atoms with Gasteiger partial charge in [0.25, 0.3) is 5.72 Å². The topological polar surface area (TPSA) is 45.0 Å². The van der Waals surface area contributed by atoms with E-state index >= 15 is 0 Å². The standard InChI is InChI=1S/C10H9F3N2O/c11-10(12,13)9(16)6-8(14-15-9)7-4-2-1-3-5-7/h1-5,8,16H,6H2. The molecule has 1 aliphatic rings. The number of halogens is 3. The van der Waals surface area contributed by atoms with Crippen LogP contribution in [0, 0.1) is 0 Å². The van der Waals surface area contributed by atoms with Crippen LogP contribution < -0.4 is 0 Å². The highest BCUT2D eigenvalue weighted by Gasteiger charge is 2.58. The summed E-state index contributed by atoms with van der Waals surface area (Å²) in [5, 5.41) is 15.7. The number of hydrogen-bond donors (Lipinski definition) is 1. The van der Waals surface area contributed by atoms with Crippen molar-refractivity contribution in [2.75, 3.05) is 0 Å². The van der Waals surface area contributed by atoms with E-state index in [0.717, 1.165) is 0 Å². The van der Waals surface area contributed by atoms with Crippen molar-refractivity contribution in [2.45, 2.75) is 24.4 Å². The van der Waals surface area contributed by atoms with Gasteiger partial charge in [-0.15, -0.1) is 5.11 Å². The van der Waals surface area contributed by atoms with Crippen LogP contribution in [0.15, 0.2) is 40.6 Å². The Morgan fingerprint density at radius 3 is 2.38 bits per heavy atom. The number of azo groups is 1. The van der Waals surface area contributed by atoms with Gasteiger partial charge in [-0.1, -0.05) is 30.3 Å². The first-order valence-corrected chi connectivity index (χ1v) is 4.68. The predicted octanol–water partition coefficient (Wildman–Crippen LogP) is 2.83. The molecule has 1 aliphatic heterocycles. The molecular formula is C10H9F3N2O. The van der Waals surface area contributed by atoms with E-state index in [4.69, 9.17) is 0 Å². The second-order valence-corrected chi connectivity index (χ2v) is 3.66. The molecule has 1 heterocycles. The molecule has 6 heteroatoms. The maximum atomic E-state index is 12.4. The lowest BCUT2D eigenvalue weighted by molar-refractivity contribution is -0.256. The second kappa shape index (κ2) is 3.55. The molecule has 2 unspecified atom stereocenters. The van der Waals surface area contributed by atoms with Crippen LogP contribution in [0.3, 0.4) is 0 Å². The van der Waals surface area contributed by atoms with Gasteiger partial charge in [0, 0.05) is 6.42 Å². The minimum atomic E-state index is -4.78. The summed E-state index contributed by atoms with van der Waals surface area (Å²) in [5.41, 5.74) is -2.42. The van der Waals surface area contributed by atoms with Gasteiger partial charge in [0.05, 0.1) is 0 Å². The molecule has 16 heavy (non-hydrogen) atoms. The summed E-state index contributed by atoms with van der Waals surface area (Å²) in [6, 6.07) is 7.75. The van der Waals surface area contributed by atoms with Gasteiger partial charge in [0.15, 0.2) is 0 Å².